The summed E-state index contributed by atoms with van der Waals surface area (Å²) in [5, 5.41) is 2.12. The molecule has 1 atom stereocenters. The molecule has 2 aromatic rings. The highest BCUT2D eigenvalue weighted by Gasteiger charge is 2.41. The van der Waals surface area contributed by atoms with Crippen LogP contribution in [0.25, 0.3) is 16.3 Å². The van der Waals surface area contributed by atoms with E-state index < -0.39 is 0 Å². The SMILES string of the molecule is COc1ccc2c3c(ccc2c1)C1=CCCC1(C)CC3=O. The molecule has 0 N–H and O–H groups in total. The molecule has 21 heavy (non-hydrogen) atoms. The van der Waals surface area contributed by atoms with Gasteiger partial charge in [-0.25, -0.2) is 0 Å². The van der Waals surface area contributed by atoms with Crippen LogP contribution in [0.4, 0.5) is 0 Å². The predicted octanol–water partition coefficient (Wildman–Crippen LogP) is 4.62. The van der Waals surface area contributed by atoms with Crippen molar-refractivity contribution in [3.8, 4) is 5.75 Å². The van der Waals surface area contributed by atoms with Crippen molar-refractivity contribution in [2.24, 2.45) is 5.41 Å². The number of carbonyl (C=O) groups excluding carboxylic acids is 1. The molecular formula is C19H18O2. The number of ketones is 1. The van der Waals surface area contributed by atoms with Crippen molar-refractivity contribution >= 4 is 22.1 Å². The van der Waals surface area contributed by atoms with Crippen molar-refractivity contribution < 1.29 is 9.53 Å². The second kappa shape index (κ2) is 4.20. The van der Waals surface area contributed by atoms with Crippen LogP contribution >= 0.6 is 0 Å². The highest BCUT2D eigenvalue weighted by atomic mass is 16.5. The van der Waals surface area contributed by atoms with Crippen LogP contribution < -0.4 is 4.74 Å². The lowest BCUT2D eigenvalue weighted by molar-refractivity contribution is 0.0940. The van der Waals surface area contributed by atoms with Crippen LogP contribution in [0.15, 0.2) is 36.4 Å². The predicted molar refractivity (Wildman–Crippen MR) is 84.8 cm³/mol. The Labute approximate surface area is 124 Å². The fourth-order valence-corrected chi connectivity index (χ4v) is 3.94. The zero-order valence-corrected chi connectivity index (χ0v) is 12.4. The zero-order valence-electron chi connectivity index (χ0n) is 12.4. The third-order valence-corrected chi connectivity index (χ3v) is 5.04. The molecule has 0 aliphatic heterocycles. The molecule has 0 saturated carbocycles. The van der Waals surface area contributed by atoms with E-state index in [1.54, 1.807) is 7.11 Å². The van der Waals surface area contributed by atoms with Crippen molar-refractivity contribution in [1.29, 1.82) is 0 Å². The molecule has 0 saturated heterocycles. The van der Waals surface area contributed by atoms with Crippen molar-refractivity contribution in [2.45, 2.75) is 26.2 Å². The third kappa shape index (κ3) is 1.68. The van der Waals surface area contributed by atoms with Crippen molar-refractivity contribution in [1.82, 2.24) is 0 Å². The maximum absolute atomic E-state index is 12.7. The quantitative estimate of drug-likeness (QED) is 0.761. The first kappa shape index (κ1) is 12.6. The summed E-state index contributed by atoms with van der Waals surface area (Å²) in [6.45, 7) is 2.23. The maximum Gasteiger partial charge on any atom is 0.164 e. The molecule has 0 bridgehead atoms. The van der Waals surface area contributed by atoms with Crippen molar-refractivity contribution in [3.05, 3.63) is 47.5 Å². The summed E-state index contributed by atoms with van der Waals surface area (Å²) in [5.74, 6) is 1.11. The number of benzene rings is 2. The van der Waals surface area contributed by atoms with Crippen LogP contribution in [-0.2, 0) is 0 Å². The Morgan fingerprint density at radius 2 is 2.05 bits per heavy atom. The maximum atomic E-state index is 12.7. The Hall–Kier alpha value is -2.09. The van der Waals surface area contributed by atoms with Gasteiger partial charge >= 0.3 is 0 Å². The highest BCUT2D eigenvalue weighted by Crippen LogP contribution is 2.52. The first-order valence-corrected chi connectivity index (χ1v) is 7.47. The van der Waals surface area contributed by atoms with E-state index in [9.17, 15) is 4.79 Å². The summed E-state index contributed by atoms with van der Waals surface area (Å²) < 4.78 is 5.28. The highest BCUT2D eigenvalue weighted by molar-refractivity contribution is 6.15. The molecule has 0 amide bonds. The average molecular weight is 278 g/mol. The lowest BCUT2D eigenvalue weighted by Crippen LogP contribution is -2.26. The van der Waals surface area contributed by atoms with Gasteiger partial charge in [-0.1, -0.05) is 25.1 Å². The smallest absolute Gasteiger partial charge is 0.164 e. The number of allylic oxidation sites excluding steroid dienone is 2. The summed E-state index contributed by atoms with van der Waals surface area (Å²) in [4.78, 5) is 12.7. The number of carbonyl (C=O) groups is 1. The first-order valence-electron chi connectivity index (χ1n) is 7.47. The van der Waals surface area contributed by atoms with E-state index in [1.165, 1.54) is 5.57 Å². The molecule has 2 aliphatic rings. The van der Waals surface area contributed by atoms with Gasteiger partial charge in [-0.3, -0.25) is 4.79 Å². The van der Waals surface area contributed by atoms with E-state index in [4.69, 9.17) is 4.74 Å². The van der Waals surface area contributed by atoms with Crippen LogP contribution in [0, 0.1) is 5.41 Å². The minimum absolute atomic E-state index is 0.0459. The van der Waals surface area contributed by atoms with Gasteiger partial charge in [0.1, 0.15) is 5.75 Å². The van der Waals surface area contributed by atoms with Gasteiger partial charge in [0.25, 0.3) is 0 Å². The largest absolute Gasteiger partial charge is 0.497 e. The van der Waals surface area contributed by atoms with E-state index in [0.717, 1.165) is 40.5 Å². The van der Waals surface area contributed by atoms with Crippen molar-refractivity contribution in [2.75, 3.05) is 7.11 Å². The standard InChI is InChI=1S/C19H18O2/c1-19-9-3-4-16(19)15-7-5-12-10-13(21-2)6-8-14(12)18(15)17(20)11-19/h4-8,10H,3,9,11H2,1-2H3. The molecule has 2 heteroatoms. The minimum atomic E-state index is 0.0459. The summed E-state index contributed by atoms with van der Waals surface area (Å²) in [6.07, 6.45) is 5.13. The Morgan fingerprint density at radius 1 is 1.19 bits per heavy atom. The van der Waals surface area contributed by atoms with Gasteiger partial charge in [0, 0.05) is 17.4 Å². The van der Waals surface area contributed by atoms with Crippen molar-refractivity contribution in [3.63, 3.8) is 0 Å². The Morgan fingerprint density at radius 3 is 2.86 bits per heavy atom. The number of methoxy groups -OCH3 is 1. The molecule has 0 spiro atoms. The van der Waals surface area contributed by atoms with Gasteiger partial charge in [-0.2, -0.15) is 0 Å². The zero-order chi connectivity index (χ0) is 14.6. The van der Waals surface area contributed by atoms with Gasteiger partial charge in [0.05, 0.1) is 7.11 Å². The molecule has 0 radical (unpaired) electrons. The second-order valence-corrected chi connectivity index (χ2v) is 6.39. The topological polar surface area (TPSA) is 26.3 Å². The van der Waals surface area contributed by atoms with E-state index in [2.05, 4.69) is 25.1 Å². The molecule has 0 fully saturated rings. The van der Waals surface area contributed by atoms with Gasteiger partial charge in [-0.05, 0) is 52.9 Å². The molecule has 106 valence electrons. The Bertz CT molecular complexity index is 801. The molecule has 0 aromatic heterocycles. The van der Waals surface area contributed by atoms with Gasteiger partial charge < -0.3 is 4.74 Å². The van der Waals surface area contributed by atoms with Gasteiger partial charge in [0.2, 0.25) is 0 Å². The fraction of sp³-hybridized carbons (Fsp3) is 0.316. The molecule has 1 unspecified atom stereocenters. The number of Topliss-reactive ketones (excluding diaryl/α,β-unsaturated/α-hetero) is 1. The minimum Gasteiger partial charge on any atom is -0.497 e. The molecule has 0 heterocycles. The number of hydrogen-bond acceptors (Lipinski definition) is 2. The first-order chi connectivity index (χ1) is 10.1. The van der Waals surface area contributed by atoms with Gasteiger partial charge in [0.15, 0.2) is 5.78 Å². The van der Waals surface area contributed by atoms with E-state index in [0.29, 0.717) is 6.42 Å². The monoisotopic (exact) mass is 278 g/mol. The van der Waals surface area contributed by atoms with Crippen LogP contribution in [0.2, 0.25) is 0 Å². The average Bonchev–Trinajstić information content (AvgIpc) is 2.87. The summed E-state index contributed by atoms with van der Waals surface area (Å²) in [7, 11) is 1.67. The van der Waals surface area contributed by atoms with Crippen LogP contribution in [0.1, 0.15) is 42.1 Å². The second-order valence-electron chi connectivity index (χ2n) is 6.39. The molecule has 2 nitrogen and oxygen atoms in total. The number of fused-ring (bicyclic) bond motifs is 5. The van der Waals surface area contributed by atoms with E-state index in [-0.39, 0.29) is 11.2 Å². The Kier molecular flexibility index (Phi) is 2.53. The lowest BCUT2D eigenvalue weighted by Gasteiger charge is -2.34. The molecular weight excluding hydrogens is 260 g/mol. The molecule has 4 rings (SSSR count). The summed E-state index contributed by atoms with van der Waals surface area (Å²) >= 11 is 0. The molecule has 2 aliphatic carbocycles. The number of ether oxygens (including phenoxy) is 1. The third-order valence-electron chi connectivity index (χ3n) is 5.04. The Balaban J connectivity index is 2.02. The fourth-order valence-electron chi connectivity index (χ4n) is 3.94. The van der Waals surface area contributed by atoms with Gasteiger partial charge in [-0.15, -0.1) is 0 Å². The van der Waals surface area contributed by atoms with Crippen LogP contribution in [0.5, 0.6) is 5.75 Å². The summed E-state index contributed by atoms with van der Waals surface area (Å²) in [5.41, 5.74) is 3.46. The number of rotatable bonds is 1. The van der Waals surface area contributed by atoms with E-state index >= 15 is 0 Å². The normalized spacial score (nSPS) is 23.7. The molecule has 2 aromatic carbocycles. The van der Waals surface area contributed by atoms with E-state index in [1.807, 2.05) is 18.2 Å². The number of hydrogen-bond donors (Lipinski definition) is 0. The summed E-state index contributed by atoms with van der Waals surface area (Å²) in [6, 6.07) is 10.2. The van der Waals surface area contributed by atoms with Crippen LogP contribution in [-0.4, -0.2) is 12.9 Å². The van der Waals surface area contributed by atoms with Crippen LogP contribution in [0.3, 0.4) is 0 Å². The lowest BCUT2D eigenvalue weighted by atomic mass is 9.69.